The maximum absolute atomic E-state index is 13.0. The monoisotopic (exact) mass is 298 g/mol. The van der Waals surface area contributed by atoms with Crippen molar-refractivity contribution in [3.8, 4) is 0 Å². The SMILES string of the molecule is NC(=O)Cn1cc(NC(=O)c2cc(F)c(F)c(F)c2)cn1. The van der Waals surface area contributed by atoms with Crippen LogP contribution in [0.15, 0.2) is 24.5 Å². The molecular weight excluding hydrogens is 289 g/mol. The Kier molecular flexibility index (Phi) is 3.92. The third-order valence-corrected chi connectivity index (χ3v) is 2.45. The van der Waals surface area contributed by atoms with Gasteiger partial charge >= 0.3 is 0 Å². The molecule has 0 radical (unpaired) electrons. The predicted molar refractivity (Wildman–Crippen MR) is 65.7 cm³/mol. The van der Waals surface area contributed by atoms with Gasteiger partial charge in [0.25, 0.3) is 5.91 Å². The summed E-state index contributed by atoms with van der Waals surface area (Å²) in [7, 11) is 0. The molecule has 0 aliphatic rings. The summed E-state index contributed by atoms with van der Waals surface area (Å²) in [5, 5.41) is 6.04. The minimum Gasteiger partial charge on any atom is -0.368 e. The van der Waals surface area contributed by atoms with E-state index in [2.05, 4.69) is 10.4 Å². The average molecular weight is 298 g/mol. The van der Waals surface area contributed by atoms with Crippen molar-refractivity contribution in [3.05, 3.63) is 47.5 Å². The number of anilines is 1. The zero-order chi connectivity index (χ0) is 15.6. The molecule has 9 heteroatoms. The molecule has 1 aromatic carbocycles. The van der Waals surface area contributed by atoms with E-state index in [1.165, 1.54) is 17.1 Å². The maximum Gasteiger partial charge on any atom is 0.255 e. The van der Waals surface area contributed by atoms with Gasteiger partial charge in [-0.15, -0.1) is 0 Å². The molecule has 0 aliphatic carbocycles. The zero-order valence-electron chi connectivity index (χ0n) is 10.4. The number of aromatic nitrogens is 2. The molecule has 110 valence electrons. The molecule has 0 fully saturated rings. The lowest BCUT2D eigenvalue weighted by molar-refractivity contribution is -0.118. The number of carbonyl (C=O) groups excluding carboxylic acids is 2. The van der Waals surface area contributed by atoms with Gasteiger partial charge in [-0.1, -0.05) is 0 Å². The minimum absolute atomic E-state index is 0.185. The van der Waals surface area contributed by atoms with Crippen LogP contribution in [0.2, 0.25) is 0 Å². The number of halogens is 3. The van der Waals surface area contributed by atoms with Crippen LogP contribution in [0.1, 0.15) is 10.4 Å². The first kappa shape index (κ1) is 14.6. The lowest BCUT2D eigenvalue weighted by atomic mass is 10.2. The average Bonchev–Trinajstić information content (AvgIpc) is 2.81. The van der Waals surface area contributed by atoms with Gasteiger partial charge in [0.05, 0.1) is 11.9 Å². The molecule has 3 N–H and O–H groups in total. The standard InChI is InChI=1S/C12H9F3N4O2/c13-8-1-6(2-9(14)11(8)15)12(21)18-7-3-17-19(4-7)5-10(16)20/h1-4H,5H2,(H2,16,20)(H,18,21). The van der Waals surface area contributed by atoms with Crippen molar-refractivity contribution < 1.29 is 22.8 Å². The molecule has 0 spiro atoms. The molecule has 2 rings (SSSR count). The van der Waals surface area contributed by atoms with E-state index < -0.39 is 34.8 Å². The summed E-state index contributed by atoms with van der Waals surface area (Å²) in [5.74, 6) is -6.07. The normalized spacial score (nSPS) is 10.4. The number of nitrogens with zero attached hydrogens (tertiary/aromatic N) is 2. The number of hydrogen-bond donors (Lipinski definition) is 2. The highest BCUT2D eigenvalue weighted by atomic mass is 19.2. The second kappa shape index (κ2) is 5.65. The van der Waals surface area contributed by atoms with Crippen LogP contribution in [-0.4, -0.2) is 21.6 Å². The highest BCUT2D eigenvalue weighted by molar-refractivity contribution is 6.04. The van der Waals surface area contributed by atoms with Gasteiger partial charge < -0.3 is 11.1 Å². The first-order valence-electron chi connectivity index (χ1n) is 5.63. The summed E-state index contributed by atoms with van der Waals surface area (Å²) in [5.41, 5.74) is 4.76. The third-order valence-electron chi connectivity index (χ3n) is 2.45. The van der Waals surface area contributed by atoms with Gasteiger partial charge in [-0.25, -0.2) is 13.2 Å². The fraction of sp³-hybridized carbons (Fsp3) is 0.0833. The maximum atomic E-state index is 13.0. The number of benzene rings is 1. The molecule has 6 nitrogen and oxygen atoms in total. The van der Waals surface area contributed by atoms with E-state index in [9.17, 15) is 22.8 Å². The lowest BCUT2D eigenvalue weighted by Gasteiger charge is -2.04. The Balaban J connectivity index is 2.14. The molecule has 2 aromatic rings. The van der Waals surface area contributed by atoms with Crippen LogP contribution in [0.4, 0.5) is 18.9 Å². The number of nitrogens with two attached hydrogens (primary N) is 1. The van der Waals surface area contributed by atoms with Gasteiger partial charge in [0, 0.05) is 11.8 Å². The van der Waals surface area contributed by atoms with Crippen LogP contribution in [0.3, 0.4) is 0 Å². The van der Waals surface area contributed by atoms with E-state index in [0.29, 0.717) is 12.1 Å². The van der Waals surface area contributed by atoms with Gasteiger partial charge in [-0.3, -0.25) is 14.3 Å². The molecule has 21 heavy (non-hydrogen) atoms. The Morgan fingerprint density at radius 3 is 2.43 bits per heavy atom. The van der Waals surface area contributed by atoms with E-state index in [-0.39, 0.29) is 12.2 Å². The third kappa shape index (κ3) is 3.38. The Labute approximate surface area is 116 Å². The van der Waals surface area contributed by atoms with E-state index in [1.54, 1.807) is 0 Å². The number of nitrogens with one attached hydrogen (secondary N) is 1. The van der Waals surface area contributed by atoms with Crippen LogP contribution in [0.25, 0.3) is 0 Å². The molecule has 0 saturated heterocycles. The summed E-state index contributed by atoms with van der Waals surface area (Å²) in [6, 6.07) is 1.14. The van der Waals surface area contributed by atoms with Crippen LogP contribution >= 0.6 is 0 Å². The number of primary amides is 1. The van der Waals surface area contributed by atoms with Crippen LogP contribution in [-0.2, 0) is 11.3 Å². The van der Waals surface area contributed by atoms with E-state index in [4.69, 9.17) is 5.73 Å². The van der Waals surface area contributed by atoms with Gasteiger partial charge in [0.15, 0.2) is 17.5 Å². The summed E-state index contributed by atoms with van der Waals surface area (Å²) in [6.45, 7) is -0.185. The van der Waals surface area contributed by atoms with Crippen molar-refractivity contribution in [2.45, 2.75) is 6.54 Å². The summed E-state index contributed by atoms with van der Waals surface area (Å²) >= 11 is 0. The second-order valence-corrected chi connectivity index (χ2v) is 4.10. The molecule has 1 heterocycles. The highest BCUT2D eigenvalue weighted by Gasteiger charge is 2.15. The minimum atomic E-state index is -1.65. The van der Waals surface area contributed by atoms with Gasteiger partial charge in [0.1, 0.15) is 6.54 Å². The molecule has 1 aromatic heterocycles. The molecule has 0 saturated carbocycles. The zero-order valence-corrected chi connectivity index (χ0v) is 10.4. The Hall–Kier alpha value is -2.84. The topological polar surface area (TPSA) is 90.0 Å². The van der Waals surface area contributed by atoms with E-state index in [1.807, 2.05) is 0 Å². The van der Waals surface area contributed by atoms with Crippen molar-refractivity contribution in [1.29, 1.82) is 0 Å². The summed E-state index contributed by atoms with van der Waals surface area (Å²) < 4.78 is 40.0. The van der Waals surface area contributed by atoms with Gasteiger partial charge in [-0.05, 0) is 12.1 Å². The van der Waals surface area contributed by atoms with Crippen molar-refractivity contribution in [3.63, 3.8) is 0 Å². The summed E-state index contributed by atoms with van der Waals surface area (Å²) in [4.78, 5) is 22.4. The predicted octanol–water partition coefficient (Wildman–Crippen LogP) is 1.04. The molecule has 2 amide bonds. The highest BCUT2D eigenvalue weighted by Crippen LogP contribution is 2.15. The Morgan fingerprint density at radius 2 is 1.86 bits per heavy atom. The Bertz CT molecular complexity index is 691. The first-order chi connectivity index (χ1) is 9.86. The Morgan fingerprint density at radius 1 is 1.24 bits per heavy atom. The molecule has 0 bridgehead atoms. The van der Waals surface area contributed by atoms with Crippen LogP contribution in [0, 0.1) is 17.5 Å². The molecular formula is C12H9F3N4O2. The molecule has 0 unspecified atom stereocenters. The molecule has 0 atom stereocenters. The smallest absolute Gasteiger partial charge is 0.255 e. The second-order valence-electron chi connectivity index (χ2n) is 4.10. The van der Waals surface area contributed by atoms with Crippen LogP contribution in [0.5, 0.6) is 0 Å². The van der Waals surface area contributed by atoms with Crippen molar-refractivity contribution in [2.24, 2.45) is 5.73 Å². The van der Waals surface area contributed by atoms with E-state index >= 15 is 0 Å². The number of rotatable bonds is 4. The van der Waals surface area contributed by atoms with Crippen LogP contribution < -0.4 is 11.1 Å². The van der Waals surface area contributed by atoms with Crippen molar-refractivity contribution in [1.82, 2.24) is 9.78 Å². The first-order valence-corrected chi connectivity index (χ1v) is 5.63. The van der Waals surface area contributed by atoms with E-state index in [0.717, 1.165) is 0 Å². The fourth-order valence-electron chi connectivity index (χ4n) is 1.56. The number of hydrogen-bond acceptors (Lipinski definition) is 3. The van der Waals surface area contributed by atoms with Gasteiger partial charge in [-0.2, -0.15) is 5.10 Å². The molecule has 0 aliphatic heterocycles. The summed E-state index contributed by atoms with van der Waals surface area (Å²) in [6.07, 6.45) is 2.52. The fourth-order valence-corrected chi connectivity index (χ4v) is 1.56. The van der Waals surface area contributed by atoms with Gasteiger partial charge in [0.2, 0.25) is 5.91 Å². The number of amides is 2. The quantitative estimate of drug-likeness (QED) is 0.826. The number of carbonyl (C=O) groups is 2. The van der Waals surface area contributed by atoms with Crippen molar-refractivity contribution >= 4 is 17.5 Å². The largest absolute Gasteiger partial charge is 0.368 e. The van der Waals surface area contributed by atoms with Crippen molar-refractivity contribution in [2.75, 3.05) is 5.32 Å². The lowest BCUT2D eigenvalue weighted by Crippen LogP contribution is -2.18.